The van der Waals surface area contributed by atoms with E-state index in [0.29, 0.717) is 5.02 Å². The van der Waals surface area contributed by atoms with Crippen LogP contribution in [-0.4, -0.2) is 11.9 Å². The van der Waals surface area contributed by atoms with Crippen LogP contribution in [0.3, 0.4) is 0 Å². The number of aryl methyl sites for hydroxylation is 1. The average Bonchev–Trinajstić information content (AvgIpc) is 2.50. The monoisotopic (exact) mass is 302 g/mol. The van der Waals surface area contributed by atoms with Crippen LogP contribution in [0.5, 0.6) is 0 Å². The molecule has 0 aliphatic rings. The molecule has 1 atom stereocenters. The quantitative estimate of drug-likeness (QED) is 0.862. The first kappa shape index (κ1) is 15.4. The molecule has 0 aliphatic heterocycles. The van der Waals surface area contributed by atoms with E-state index in [1.807, 2.05) is 19.1 Å². The molecule has 21 heavy (non-hydrogen) atoms. The van der Waals surface area contributed by atoms with Crippen molar-refractivity contribution in [1.29, 1.82) is 0 Å². The summed E-state index contributed by atoms with van der Waals surface area (Å²) in [5, 5.41) is 6.69. The Kier molecular flexibility index (Phi) is 5.23. The minimum Gasteiger partial charge on any atom is -0.374 e. The lowest BCUT2D eigenvalue weighted by atomic mass is 10.1. The van der Waals surface area contributed by atoms with Crippen molar-refractivity contribution in [2.24, 2.45) is 0 Å². The summed E-state index contributed by atoms with van der Waals surface area (Å²) in [6, 6.07) is 14.8. The van der Waals surface area contributed by atoms with Crippen LogP contribution in [0.25, 0.3) is 0 Å². The minimum absolute atomic E-state index is 0.0862. The Labute approximate surface area is 130 Å². The molecule has 2 rings (SSSR count). The number of carbonyl (C=O) groups is 1. The van der Waals surface area contributed by atoms with Crippen LogP contribution < -0.4 is 10.6 Å². The predicted octanol–water partition coefficient (Wildman–Crippen LogP) is 4.34. The van der Waals surface area contributed by atoms with Gasteiger partial charge in [-0.25, -0.2) is 0 Å². The summed E-state index contributed by atoms with van der Waals surface area (Å²) in [4.78, 5) is 12.1. The molecule has 0 spiro atoms. The van der Waals surface area contributed by atoms with Gasteiger partial charge in [0.05, 0.1) is 0 Å². The molecule has 0 heterocycles. The molecular formula is C17H19ClN2O. The van der Waals surface area contributed by atoms with Crippen molar-refractivity contribution >= 4 is 28.9 Å². The highest BCUT2D eigenvalue weighted by Crippen LogP contribution is 2.15. The molecule has 2 aromatic rings. The van der Waals surface area contributed by atoms with E-state index < -0.39 is 0 Å². The first-order valence-electron chi connectivity index (χ1n) is 7.00. The second-order valence-electron chi connectivity index (χ2n) is 4.91. The molecule has 0 saturated heterocycles. The van der Waals surface area contributed by atoms with Gasteiger partial charge in [-0.2, -0.15) is 0 Å². The van der Waals surface area contributed by atoms with Gasteiger partial charge in [-0.05, 0) is 55.3 Å². The SMILES string of the molecule is CCc1ccc(N[C@H](C)C(=O)Nc2ccc(Cl)cc2)cc1. The lowest BCUT2D eigenvalue weighted by Crippen LogP contribution is -2.31. The summed E-state index contributed by atoms with van der Waals surface area (Å²) in [5.74, 6) is -0.0862. The molecule has 110 valence electrons. The lowest BCUT2D eigenvalue weighted by molar-refractivity contribution is -0.116. The van der Waals surface area contributed by atoms with Crippen LogP contribution in [0.2, 0.25) is 5.02 Å². The number of amides is 1. The highest BCUT2D eigenvalue weighted by atomic mass is 35.5. The third-order valence-corrected chi connectivity index (χ3v) is 3.50. The molecule has 4 heteroatoms. The summed E-state index contributed by atoms with van der Waals surface area (Å²) in [7, 11) is 0. The Hall–Kier alpha value is -2.00. The van der Waals surface area contributed by atoms with Gasteiger partial charge in [-0.1, -0.05) is 30.7 Å². The average molecular weight is 303 g/mol. The van der Waals surface area contributed by atoms with Crippen LogP contribution in [0, 0.1) is 0 Å². The number of hydrogen-bond acceptors (Lipinski definition) is 2. The first-order chi connectivity index (χ1) is 10.1. The van der Waals surface area contributed by atoms with Gasteiger partial charge in [-0.15, -0.1) is 0 Å². The molecule has 0 unspecified atom stereocenters. The molecule has 0 aromatic heterocycles. The Morgan fingerprint density at radius 2 is 1.62 bits per heavy atom. The fraction of sp³-hybridized carbons (Fsp3) is 0.235. The van der Waals surface area contributed by atoms with Crippen molar-refractivity contribution in [3.05, 3.63) is 59.1 Å². The standard InChI is InChI=1S/C17H19ClN2O/c1-3-13-4-8-15(9-5-13)19-12(2)17(21)20-16-10-6-14(18)7-11-16/h4-12,19H,3H2,1-2H3,(H,20,21)/t12-/m1/s1. The van der Waals surface area contributed by atoms with Gasteiger partial charge in [0.2, 0.25) is 5.91 Å². The van der Waals surface area contributed by atoms with Crippen molar-refractivity contribution in [3.8, 4) is 0 Å². The number of anilines is 2. The zero-order chi connectivity index (χ0) is 15.2. The van der Waals surface area contributed by atoms with E-state index in [-0.39, 0.29) is 11.9 Å². The molecule has 0 fully saturated rings. The van der Waals surface area contributed by atoms with E-state index in [9.17, 15) is 4.79 Å². The predicted molar refractivity (Wildman–Crippen MR) is 89.0 cm³/mol. The van der Waals surface area contributed by atoms with E-state index in [1.165, 1.54) is 5.56 Å². The Morgan fingerprint density at radius 3 is 2.19 bits per heavy atom. The second kappa shape index (κ2) is 7.14. The third kappa shape index (κ3) is 4.50. The van der Waals surface area contributed by atoms with Crippen LogP contribution in [0.15, 0.2) is 48.5 Å². The second-order valence-corrected chi connectivity index (χ2v) is 5.35. The van der Waals surface area contributed by atoms with Gasteiger partial charge >= 0.3 is 0 Å². The highest BCUT2D eigenvalue weighted by Gasteiger charge is 2.12. The maximum atomic E-state index is 12.1. The van der Waals surface area contributed by atoms with E-state index in [2.05, 4.69) is 29.7 Å². The topological polar surface area (TPSA) is 41.1 Å². The fourth-order valence-corrected chi connectivity index (χ4v) is 2.06. The summed E-state index contributed by atoms with van der Waals surface area (Å²) in [6.07, 6.45) is 1.01. The van der Waals surface area contributed by atoms with E-state index in [1.54, 1.807) is 24.3 Å². The zero-order valence-electron chi connectivity index (χ0n) is 12.2. The maximum absolute atomic E-state index is 12.1. The van der Waals surface area contributed by atoms with Crippen LogP contribution in [-0.2, 0) is 11.2 Å². The van der Waals surface area contributed by atoms with Gasteiger partial charge in [0.1, 0.15) is 6.04 Å². The number of nitrogens with one attached hydrogen (secondary N) is 2. The van der Waals surface area contributed by atoms with Crippen molar-refractivity contribution in [3.63, 3.8) is 0 Å². The highest BCUT2D eigenvalue weighted by molar-refractivity contribution is 6.30. The molecule has 3 nitrogen and oxygen atoms in total. The summed E-state index contributed by atoms with van der Waals surface area (Å²) < 4.78 is 0. The molecule has 0 radical (unpaired) electrons. The molecule has 2 N–H and O–H groups in total. The number of hydrogen-bond donors (Lipinski definition) is 2. The molecular weight excluding hydrogens is 284 g/mol. The Morgan fingerprint density at radius 1 is 1.05 bits per heavy atom. The van der Waals surface area contributed by atoms with Crippen molar-refractivity contribution in [1.82, 2.24) is 0 Å². The third-order valence-electron chi connectivity index (χ3n) is 3.25. The van der Waals surface area contributed by atoms with Crippen LogP contribution in [0.1, 0.15) is 19.4 Å². The van der Waals surface area contributed by atoms with Crippen LogP contribution in [0.4, 0.5) is 11.4 Å². The smallest absolute Gasteiger partial charge is 0.246 e. The van der Waals surface area contributed by atoms with E-state index >= 15 is 0 Å². The van der Waals surface area contributed by atoms with Crippen molar-refractivity contribution < 1.29 is 4.79 Å². The summed E-state index contributed by atoms with van der Waals surface area (Å²) >= 11 is 5.82. The Bertz CT molecular complexity index is 593. The molecule has 0 saturated carbocycles. The number of rotatable bonds is 5. The van der Waals surface area contributed by atoms with Gasteiger partial charge in [0.15, 0.2) is 0 Å². The lowest BCUT2D eigenvalue weighted by Gasteiger charge is -2.15. The minimum atomic E-state index is -0.326. The number of benzene rings is 2. The van der Waals surface area contributed by atoms with Gasteiger partial charge in [0.25, 0.3) is 0 Å². The normalized spacial score (nSPS) is 11.8. The molecule has 0 aliphatic carbocycles. The largest absolute Gasteiger partial charge is 0.374 e. The maximum Gasteiger partial charge on any atom is 0.246 e. The van der Waals surface area contributed by atoms with E-state index in [0.717, 1.165) is 17.8 Å². The van der Waals surface area contributed by atoms with Gasteiger partial charge in [0, 0.05) is 16.4 Å². The van der Waals surface area contributed by atoms with Crippen LogP contribution >= 0.6 is 11.6 Å². The number of carbonyl (C=O) groups excluding carboxylic acids is 1. The van der Waals surface area contributed by atoms with Crippen molar-refractivity contribution in [2.45, 2.75) is 26.3 Å². The van der Waals surface area contributed by atoms with Crippen molar-refractivity contribution in [2.75, 3.05) is 10.6 Å². The summed E-state index contributed by atoms with van der Waals surface area (Å²) in [5.41, 5.74) is 2.95. The van der Waals surface area contributed by atoms with Gasteiger partial charge in [-0.3, -0.25) is 4.79 Å². The molecule has 0 bridgehead atoms. The molecule has 1 amide bonds. The van der Waals surface area contributed by atoms with Gasteiger partial charge < -0.3 is 10.6 Å². The molecule has 2 aromatic carbocycles. The van der Waals surface area contributed by atoms with E-state index in [4.69, 9.17) is 11.6 Å². The zero-order valence-corrected chi connectivity index (χ0v) is 12.9. The Balaban J connectivity index is 1.93. The first-order valence-corrected chi connectivity index (χ1v) is 7.38. The fourth-order valence-electron chi connectivity index (χ4n) is 1.94. The number of halogens is 1. The summed E-state index contributed by atoms with van der Waals surface area (Å²) in [6.45, 7) is 3.95.